The van der Waals surface area contributed by atoms with Gasteiger partial charge in [-0.3, -0.25) is 4.99 Å². The summed E-state index contributed by atoms with van der Waals surface area (Å²) in [5.74, 6) is 0.533. The molecular weight excluding hydrogens is 389 g/mol. The van der Waals surface area contributed by atoms with Crippen molar-refractivity contribution in [2.24, 2.45) is 10.7 Å². The Morgan fingerprint density at radius 2 is 2.25 bits per heavy atom. The summed E-state index contributed by atoms with van der Waals surface area (Å²) in [6.07, 6.45) is 1.41. The first kappa shape index (κ1) is 17.2. The summed E-state index contributed by atoms with van der Waals surface area (Å²) in [6.45, 7) is 2.23. The van der Waals surface area contributed by atoms with Crippen molar-refractivity contribution in [3.8, 4) is 0 Å². The predicted molar refractivity (Wildman–Crippen MR) is 93.5 cm³/mol. The number of guanidine groups is 1. The van der Waals surface area contributed by atoms with Gasteiger partial charge in [-0.25, -0.2) is 8.42 Å². The SMILES string of the molecule is Cc1cccc(NC(N)=NCC2CCCS2(=O)=O)c1.I. The summed E-state index contributed by atoms with van der Waals surface area (Å²) in [6, 6.07) is 7.76. The van der Waals surface area contributed by atoms with Crippen LogP contribution in [0.2, 0.25) is 0 Å². The third-order valence-electron chi connectivity index (χ3n) is 3.22. The molecule has 1 aliphatic rings. The minimum atomic E-state index is -2.95. The van der Waals surface area contributed by atoms with Gasteiger partial charge < -0.3 is 11.1 Å². The molecule has 1 aromatic carbocycles. The Kier molecular flexibility index (Phi) is 6.25. The lowest BCUT2D eigenvalue weighted by atomic mass is 10.2. The van der Waals surface area contributed by atoms with Crippen molar-refractivity contribution in [1.82, 2.24) is 0 Å². The first-order valence-corrected chi connectivity index (χ1v) is 8.04. The maximum Gasteiger partial charge on any atom is 0.193 e. The van der Waals surface area contributed by atoms with Gasteiger partial charge in [0.2, 0.25) is 0 Å². The van der Waals surface area contributed by atoms with E-state index in [1.54, 1.807) is 0 Å². The Labute approximate surface area is 137 Å². The molecule has 5 nitrogen and oxygen atoms in total. The summed E-state index contributed by atoms with van der Waals surface area (Å²) >= 11 is 0. The molecule has 1 heterocycles. The van der Waals surface area contributed by atoms with Crippen LogP contribution in [0.15, 0.2) is 29.3 Å². The molecule has 0 aliphatic carbocycles. The number of sulfone groups is 1. The van der Waals surface area contributed by atoms with Crippen LogP contribution >= 0.6 is 24.0 Å². The van der Waals surface area contributed by atoms with E-state index in [0.29, 0.717) is 6.42 Å². The van der Waals surface area contributed by atoms with E-state index in [4.69, 9.17) is 5.73 Å². The van der Waals surface area contributed by atoms with Crippen molar-refractivity contribution < 1.29 is 8.42 Å². The van der Waals surface area contributed by atoms with Crippen LogP contribution in [-0.4, -0.2) is 31.9 Å². The van der Waals surface area contributed by atoms with E-state index in [0.717, 1.165) is 17.7 Å². The van der Waals surface area contributed by atoms with Gasteiger partial charge in [-0.1, -0.05) is 12.1 Å². The monoisotopic (exact) mass is 409 g/mol. The van der Waals surface area contributed by atoms with E-state index < -0.39 is 9.84 Å². The molecule has 0 radical (unpaired) electrons. The van der Waals surface area contributed by atoms with Crippen LogP contribution in [0, 0.1) is 6.92 Å². The first-order chi connectivity index (χ1) is 8.97. The lowest BCUT2D eigenvalue weighted by Crippen LogP contribution is -2.26. The van der Waals surface area contributed by atoms with Gasteiger partial charge in [0, 0.05) is 5.69 Å². The topological polar surface area (TPSA) is 84.5 Å². The number of rotatable bonds is 3. The molecule has 112 valence electrons. The molecular formula is C13H20IN3O2S. The third-order valence-corrected chi connectivity index (χ3v) is 5.48. The fraction of sp³-hybridized carbons (Fsp3) is 0.462. The molecule has 0 aromatic heterocycles. The fourth-order valence-electron chi connectivity index (χ4n) is 2.17. The normalized spacial score (nSPS) is 21.2. The van der Waals surface area contributed by atoms with Crippen molar-refractivity contribution in [3.05, 3.63) is 29.8 Å². The van der Waals surface area contributed by atoms with Gasteiger partial charge in [0.05, 0.1) is 17.5 Å². The van der Waals surface area contributed by atoms with Gasteiger partial charge in [0.15, 0.2) is 15.8 Å². The number of hydrogen-bond acceptors (Lipinski definition) is 3. The average molecular weight is 409 g/mol. The quantitative estimate of drug-likeness (QED) is 0.454. The number of nitrogens with zero attached hydrogens (tertiary/aromatic N) is 1. The second kappa shape index (κ2) is 7.26. The number of anilines is 1. The Balaban J connectivity index is 0.00000200. The van der Waals surface area contributed by atoms with Crippen molar-refractivity contribution in [2.45, 2.75) is 25.0 Å². The van der Waals surface area contributed by atoms with E-state index in [-0.39, 0.29) is 47.5 Å². The second-order valence-corrected chi connectivity index (χ2v) is 7.25. The molecule has 0 bridgehead atoms. The molecule has 1 saturated heterocycles. The van der Waals surface area contributed by atoms with E-state index >= 15 is 0 Å². The smallest absolute Gasteiger partial charge is 0.193 e. The van der Waals surface area contributed by atoms with E-state index in [1.165, 1.54) is 0 Å². The predicted octanol–water partition coefficient (Wildman–Crippen LogP) is 1.92. The summed E-state index contributed by atoms with van der Waals surface area (Å²) in [4.78, 5) is 4.13. The lowest BCUT2D eigenvalue weighted by Gasteiger charge is -2.08. The van der Waals surface area contributed by atoms with E-state index in [2.05, 4.69) is 10.3 Å². The number of aliphatic imine (C=N–C) groups is 1. The average Bonchev–Trinajstić information content (AvgIpc) is 2.66. The summed E-state index contributed by atoms with van der Waals surface area (Å²) in [5.41, 5.74) is 7.74. The number of aryl methyl sites for hydroxylation is 1. The highest BCUT2D eigenvalue weighted by Gasteiger charge is 2.30. The molecule has 0 amide bonds. The van der Waals surface area contributed by atoms with Crippen LogP contribution in [0.1, 0.15) is 18.4 Å². The van der Waals surface area contributed by atoms with Gasteiger partial charge in [-0.2, -0.15) is 0 Å². The fourth-order valence-corrected chi connectivity index (χ4v) is 3.90. The van der Waals surface area contributed by atoms with Crippen LogP contribution in [0.4, 0.5) is 5.69 Å². The molecule has 7 heteroatoms. The Hall–Kier alpha value is -0.830. The van der Waals surface area contributed by atoms with Gasteiger partial charge >= 0.3 is 0 Å². The van der Waals surface area contributed by atoms with Crippen LogP contribution < -0.4 is 11.1 Å². The van der Waals surface area contributed by atoms with Crippen LogP contribution in [0.5, 0.6) is 0 Å². The molecule has 0 saturated carbocycles. The molecule has 0 spiro atoms. The maximum absolute atomic E-state index is 11.6. The number of halogens is 1. The van der Waals surface area contributed by atoms with Gasteiger partial charge in [0.1, 0.15) is 0 Å². The number of hydrogen-bond donors (Lipinski definition) is 2. The van der Waals surface area contributed by atoms with Crippen molar-refractivity contribution in [2.75, 3.05) is 17.6 Å². The molecule has 3 N–H and O–H groups in total. The van der Waals surface area contributed by atoms with Gasteiger partial charge in [-0.15, -0.1) is 24.0 Å². The van der Waals surface area contributed by atoms with Gasteiger partial charge in [0.25, 0.3) is 0 Å². The summed E-state index contributed by atoms with van der Waals surface area (Å²) in [7, 11) is -2.95. The number of benzene rings is 1. The number of nitrogens with one attached hydrogen (secondary N) is 1. The standard InChI is InChI=1S/C13H19N3O2S.HI/c1-10-4-2-5-11(8-10)16-13(14)15-9-12-6-3-7-19(12,17)18;/h2,4-5,8,12H,3,6-7,9H2,1H3,(H3,14,15,16);1H. The maximum atomic E-state index is 11.6. The zero-order chi connectivity index (χ0) is 13.9. The molecule has 20 heavy (non-hydrogen) atoms. The van der Waals surface area contributed by atoms with Crippen LogP contribution in [-0.2, 0) is 9.84 Å². The minimum absolute atomic E-state index is 0. The summed E-state index contributed by atoms with van der Waals surface area (Å²) < 4.78 is 23.3. The Morgan fingerprint density at radius 1 is 1.50 bits per heavy atom. The van der Waals surface area contributed by atoms with Crippen molar-refractivity contribution in [1.29, 1.82) is 0 Å². The zero-order valence-electron chi connectivity index (χ0n) is 11.4. The Morgan fingerprint density at radius 3 is 2.85 bits per heavy atom. The minimum Gasteiger partial charge on any atom is -0.370 e. The van der Waals surface area contributed by atoms with Crippen molar-refractivity contribution >= 4 is 45.5 Å². The van der Waals surface area contributed by atoms with Crippen molar-refractivity contribution in [3.63, 3.8) is 0 Å². The molecule has 1 fully saturated rings. The third kappa shape index (κ3) is 4.62. The van der Waals surface area contributed by atoms with Crippen LogP contribution in [0.3, 0.4) is 0 Å². The molecule has 1 unspecified atom stereocenters. The number of nitrogens with two attached hydrogens (primary N) is 1. The van der Waals surface area contributed by atoms with Crippen LogP contribution in [0.25, 0.3) is 0 Å². The molecule has 1 aromatic rings. The highest BCUT2D eigenvalue weighted by atomic mass is 127. The Bertz CT molecular complexity index is 587. The summed E-state index contributed by atoms with van der Waals surface area (Å²) in [5, 5.41) is 2.60. The highest BCUT2D eigenvalue weighted by Crippen LogP contribution is 2.20. The first-order valence-electron chi connectivity index (χ1n) is 6.32. The second-order valence-electron chi connectivity index (χ2n) is 4.85. The van der Waals surface area contributed by atoms with E-state index in [9.17, 15) is 8.42 Å². The van der Waals surface area contributed by atoms with E-state index in [1.807, 2.05) is 31.2 Å². The largest absolute Gasteiger partial charge is 0.370 e. The lowest BCUT2D eigenvalue weighted by molar-refractivity contribution is 0.590. The zero-order valence-corrected chi connectivity index (χ0v) is 14.5. The van der Waals surface area contributed by atoms with Gasteiger partial charge in [-0.05, 0) is 37.5 Å². The molecule has 2 rings (SSSR count). The molecule has 1 atom stereocenters. The molecule has 1 aliphatic heterocycles. The highest BCUT2D eigenvalue weighted by molar-refractivity contribution is 14.0.